The van der Waals surface area contributed by atoms with E-state index < -0.39 is 0 Å². The zero-order valence-corrected chi connectivity index (χ0v) is 20.8. The molecule has 0 saturated heterocycles. The third-order valence-corrected chi connectivity index (χ3v) is 6.12. The van der Waals surface area contributed by atoms with E-state index in [2.05, 4.69) is 82.5 Å². The van der Waals surface area contributed by atoms with Crippen molar-refractivity contribution in [3.63, 3.8) is 0 Å². The topological polar surface area (TPSA) is 42.5 Å². The molecule has 2 aromatic carbocycles. The van der Waals surface area contributed by atoms with Gasteiger partial charge in [0.15, 0.2) is 0 Å². The van der Waals surface area contributed by atoms with E-state index >= 15 is 0 Å². The summed E-state index contributed by atoms with van der Waals surface area (Å²) in [5.41, 5.74) is 6.70. The minimum atomic E-state index is -0.324. The fourth-order valence-electron chi connectivity index (χ4n) is 3.65. The average molecular weight is 550 g/mol. The summed E-state index contributed by atoms with van der Waals surface area (Å²) in [5, 5.41) is 7.04. The molecular formula is C23H30N2O2W. The van der Waals surface area contributed by atoms with E-state index in [4.69, 9.17) is 9.47 Å². The van der Waals surface area contributed by atoms with E-state index in [1.807, 2.05) is 0 Å². The number of nitrogens with one attached hydrogen (secondary N) is 2. The van der Waals surface area contributed by atoms with Crippen LogP contribution in [0.4, 0.5) is 11.4 Å². The molecule has 5 heteroatoms. The van der Waals surface area contributed by atoms with Gasteiger partial charge in [0, 0.05) is 0 Å². The van der Waals surface area contributed by atoms with Gasteiger partial charge in [-0.05, 0) is 0 Å². The first-order valence-corrected chi connectivity index (χ1v) is 11.0. The standard InChI is InChI=1S/C23H30N2O2.W/c1-15-8-9-19(16(2)10-15)24-14-25-20-11-18-17(12-21(20)26-7)22(3,4)13-27-23(18,5)6;/h8-12,24-25H,13H2,1-7H3;. The van der Waals surface area contributed by atoms with Gasteiger partial charge in [0.05, 0.1) is 0 Å². The molecule has 1 aliphatic rings. The van der Waals surface area contributed by atoms with Gasteiger partial charge in [-0.15, -0.1) is 0 Å². The first kappa shape index (κ1) is 21.1. The van der Waals surface area contributed by atoms with Crippen molar-refractivity contribution in [3.05, 3.63) is 52.6 Å². The molecular weight excluding hydrogens is 520 g/mol. The Hall–Kier alpha value is -1.64. The fourth-order valence-corrected chi connectivity index (χ4v) is 4.44. The zero-order valence-electron chi connectivity index (χ0n) is 17.8. The molecule has 0 aromatic heterocycles. The van der Waals surface area contributed by atoms with Crippen molar-refractivity contribution in [2.24, 2.45) is 0 Å². The van der Waals surface area contributed by atoms with Crippen LogP contribution in [0.5, 0.6) is 5.75 Å². The predicted octanol–water partition coefficient (Wildman–Crippen LogP) is 5.01. The minimum absolute atomic E-state index is 0.0437. The molecule has 1 aliphatic heterocycles. The number of rotatable bonds is 5. The van der Waals surface area contributed by atoms with E-state index in [-0.39, 0.29) is 11.0 Å². The number of aryl methyl sites for hydroxylation is 2. The molecule has 0 unspecified atom stereocenters. The summed E-state index contributed by atoms with van der Waals surface area (Å²) in [7, 11) is 1.73. The summed E-state index contributed by atoms with van der Waals surface area (Å²) in [4.78, 5) is 0. The van der Waals surface area contributed by atoms with Crippen LogP contribution in [0, 0.1) is 13.8 Å². The number of anilines is 2. The molecule has 3 rings (SSSR count). The van der Waals surface area contributed by atoms with E-state index in [0.717, 1.165) is 21.3 Å². The Bertz CT molecular complexity index is 919. The second-order valence-electron chi connectivity index (χ2n) is 8.68. The van der Waals surface area contributed by atoms with Crippen LogP contribution in [0.2, 0.25) is 0 Å². The molecule has 0 aliphatic carbocycles. The third-order valence-electron chi connectivity index (χ3n) is 5.39. The van der Waals surface area contributed by atoms with Gasteiger partial charge in [0.25, 0.3) is 0 Å². The molecule has 0 spiro atoms. The molecule has 150 valence electrons. The summed E-state index contributed by atoms with van der Waals surface area (Å²) in [6.45, 7) is 13.6. The van der Waals surface area contributed by atoms with Gasteiger partial charge < -0.3 is 0 Å². The number of fused-ring (bicyclic) bond motifs is 1. The first-order chi connectivity index (χ1) is 13.0. The van der Waals surface area contributed by atoms with Gasteiger partial charge in [-0.1, -0.05) is 0 Å². The van der Waals surface area contributed by atoms with Crippen LogP contribution >= 0.6 is 0 Å². The molecule has 0 fully saturated rings. The van der Waals surface area contributed by atoms with E-state index in [1.54, 1.807) is 7.11 Å². The summed E-state index contributed by atoms with van der Waals surface area (Å²) < 4.78 is 12.9. The van der Waals surface area contributed by atoms with Gasteiger partial charge in [-0.25, -0.2) is 0 Å². The Balaban J connectivity index is 1.92. The monoisotopic (exact) mass is 550 g/mol. The Morgan fingerprint density at radius 2 is 1.68 bits per heavy atom. The van der Waals surface area contributed by atoms with E-state index in [1.165, 1.54) is 41.6 Å². The maximum atomic E-state index is 6.18. The fraction of sp³-hybridized carbons (Fsp3) is 0.435. The van der Waals surface area contributed by atoms with Crippen LogP contribution in [0.15, 0.2) is 30.3 Å². The second kappa shape index (κ2) is 7.65. The van der Waals surface area contributed by atoms with Crippen molar-refractivity contribution >= 4 is 15.5 Å². The van der Waals surface area contributed by atoms with Gasteiger partial charge >= 0.3 is 180 Å². The third kappa shape index (κ3) is 4.18. The van der Waals surface area contributed by atoms with Crippen LogP contribution in [0.1, 0.15) is 49.9 Å². The van der Waals surface area contributed by atoms with Crippen molar-refractivity contribution in [2.75, 3.05) is 24.4 Å². The molecule has 0 bridgehead atoms. The molecule has 0 atom stereocenters. The summed E-state index contributed by atoms with van der Waals surface area (Å²) in [6.07, 6.45) is 0. The molecule has 0 radical (unpaired) electrons. The molecule has 1 heterocycles. The normalized spacial score (nSPS) is 16.8. The molecule has 28 heavy (non-hydrogen) atoms. The molecule has 2 N–H and O–H groups in total. The Morgan fingerprint density at radius 1 is 1.00 bits per heavy atom. The number of ether oxygens (including phenoxy) is 2. The summed E-state index contributed by atoms with van der Waals surface area (Å²) in [5.74, 6) is 0.853. The van der Waals surface area contributed by atoms with Crippen LogP contribution in [-0.2, 0) is 35.1 Å². The van der Waals surface area contributed by atoms with Crippen molar-refractivity contribution < 1.29 is 28.8 Å². The van der Waals surface area contributed by atoms with Crippen molar-refractivity contribution in [1.82, 2.24) is 0 Å². The number of hydrogen-bond donors (Lipinski definition) is 2. The van der Waals surface area contributed by atoms with Crippen LogP contribution in [0.25, 0.3) is 0 Å². The molecule has 0 amide bonds. The average Bonchev–Trinajstić information content (AvgIpc) is 2.61. The molecule has 0 saturated carbocycles. The van der Waals surface area contributed by atoms with Gasteiger partial charge in [0.1, 0.15) is 0 Å². The predicted molar refractivity (Wildman–Crippen MR) is 113 cm³/mol. The SMILES string of the molecule is COc1cc2c(cc1N[C](=[W])Nc1ccc(C)cc1C)C(C)(C)OCC2(C)C. The zero-order chi connectivity index (χ0) is 20.7. The van der Waals surface area contributed by atoms with E-state index in [0.29, 0.717) is 6.61 Å². The second-order valence-corrected chi connectivity index (χ2v) is 10.1. The number of hydrogen-bond acceptors (Lipinski definition) is 4. The van der Waals surface area contributed by atoms with E-state index in [9.17, 15) is 0 Å². The van der Waals surface area contributed by atoms with Gasteiger partial charge in [-0.2, -0.15) is 0 Å². The van der Waals surface area contributed by atoms with Crippen molar-refractivity contribution in [2.45, 2.75) is 52.6 Å². The summed E-state index contributed by atoms with van der Waals surface area (Å²) >= 11 is 1.32. The maximum absolute atomic E-state index is 6.18. The van der Waals surface area contributed by atoms with Crippen LogP contribution in [-0.4, -0.2) is 17.9 Å². The molecule has 4 nitrogen and oxygen atoms in total. The van der Waals surface area contributed by atoms with Crippen LogP contribution in [0.3, 0.4) is 0 Å². The van der Waals surface area contributed by atoms with Crippen molar-refractivity contribution in [1.29, 1.82) is 0 Å². The molecule has 2 aromatic rings. The van der Waals surface area contributed by atoms with Crippen LogP contribution < -0.4 is 15.4 Å². The first-order valence-electron chi connectivity index (χ1n) is 9.56. The number of methoxy groups -OCH3 is 1. The Morgan fingerprint density at radius 3 is 2.32 bits per heavy atom. The Kier molecular flexibility index (Phi) is 5.76. The van der Waals surface area contributed by atoms with Crippen molar-refractivity contribution in [3.8, 4) is 5.75 Å². The quantitative estimate of drug-likeness (QED) is 0.550. The number of benzene rings is 2. The van der Waals surface area contributed by atoms with Gasteiger partial charge in [-0.3, -0.25) is 0 Å². The Labute approximate surface area is 179 Å². The summed E-state index contributed by atoms with van der Waals surface area (Å²) in [6, 6.07) is 10.8. The van der Waals surface area contributed by atoms with Gasteiger partial charge in [0.2, 0.25) is 0 Å².